The SMILES string of the molecule is O=S(=O)(CCCCC(F)(F)F)CCC[C@@H]1CCCN1CCCCCCC1=C(c2ccc(F)cc2F)CCCc2cc(O)ccc21. The summed E-state index contributed by atoms with van der Waals surface area (Å²) in [6, 6.07) is 9.51. The Morgan fingerprint density at radius 1 is 0.844 bits per heavy atom. The second kappa shape index (κ2) is 16.4. The number of fused-ring (bicyclic) bond motifs is 1. The second-order valence-corrected chi connectivity index (χ2v) is 14.9. The summed E-state index contributed by atoms with van der Waals surface area (Å²) in [5.74, 6) is -1.08. The van der Waals surface area contributed by atoms with Gasteiger partial charge in [0, 0.05) is 24.1 Å². The number of alkyl halides is 3. The highest BCUT2D eigenvalue weighted by molar-refractivity contribution is 7.91. The molecule has 0 unspecified atom stereocenters. The maximum Gasteiger partial charge on any atom is 0.389 e. The first kappa shape index (κ1) is 35.4. The Bertz CT molecular complexity index is 1410. The molecule has 4 nitrogen and oxygen atoms in total. The smallest absolute Gasteiger partial charge is 0.389 e. The first-order valence-corrected chi connectivity index (χ1v) is 18.2. The summed E-state index contributed by atoms with van der Waals surface area (Å²) in [6.07, 6.45) is 5.20. The number of likely N-dealkylation sites (tertiary alicyclic amines) is 1. The summed E-state index contributed by atoms with van der Waals surface area (Å²) in [4.78, 5) is 2.45. The minimum Gasteiger partial charge on any atom is -0.508 e. The number of hydrogen-bond donors (Lipinski definition) is 1. The Hall–Kier alpha value is -2.46. The van der Waals surface area contributed by atoms with Crippen molar-refractivity contribution in [2.24, 2.45) is 0 Å². The van der Waals surface area contributed by atoms with Crippen molar-refractivity contribution in [3.63, 3.8) is 0 Å². The van der Waals surface area contributed by atoms with E-state index in [2.05, 4.69) is 4.90 Å². The van der Waals surface area contributed by atoms with E-state index < -0.39 is 34.1 Å². The van der Waals surface area contributed by atoms with Crippen LogP contribution in [0.1, 0.15) is 107 Å². The van der Waals surface area contributed by atoms with Gasteiger partial charge in [-0.15, -0.1) is 0 Å². The van der Waals surface area contributed by atoms with Crippen molar-refractivity contribution in [1.29, 1.82) is 0 Å². The topological polar surface area (TPSA) is 57.6 Å². The first-order valence-electron chi connectivity index (χ1n) is 16.4. The lowest BCUT2D eigenvalue weighted by Crippen LogP contribution is -2.30. The molecule has 1 heterocycles. The number of nitrogens with zero attached hydrogens (tertiary/aromatic N) is 1. The van der Waals surface area contributed by atoms with E-state index in [9.17, 15) is 35.5 Å². The number of aryl methyl sites for hydroxylation is 1. The molecule has 4 rings (SSSR count). The number of halogens is 5. The van der Waals surface area contributed by atoms with Crippen LogP contribution in [0.2, 0.25) is 0 Å². The van der Waals surface area contributed by atoms with Gasteiger partial charge in [0.2, 0.25) is 0 Å². The Labute approximate surface area is 264 Å². The zero-order chi connectivity index (χ0) is 32.5. The van der Waals surface area contributed by atoms with E-state index >= 15 is 0 Å². The van der Waals surface area contributed by atoms with Crippen molar-refractivity contribution >= 4 is 21.0 Å². The number of rotatable bonds is 16. The fraction of sp³-hybridized carbons (Fsp3) is 0.600. The highest BCUT2D eigenvalue weighted by Crippen LogP contribution is 2.40. The van der Waals surface area contributed by atoms with Crippen LogP contribution in [0.4, 0.5) is 22.0 Å². The van der Waals surface area contributed by atoms with E-state index in [1.54, 1.807) is 12.1 Å². The number of aromatic hydroxyl groups is 1. The van der Waals surface area contributed by atoms with Crippen LogP contribution in [0, 0.1) is 11.6 Å². The van der Waals surface area contributed by atoms with Crippen molar-refractivity contribution in [3.05, 3.63) is 64.7 Å². The first-order chi connectivity index (χ1) is 21.4. The molecule has 0 bridgehead atoms. The van der Waals surface area contributed by atoms with Gasteiger partial charge in [0.1, 0.15) is 27.2 Å². The molecule has 10 heteroatoms. The number of phenols is 1. The fourth-order valence-electron chi connectivity index (χ4n) is 6.94. The van der Waals surface area contributed by atoms with Crippen LogP contribution in [0.3, 0.4) is 0 Å². The monoisotopic (exact) mass is 655 g/mol. The molecule has 2 aliphatic rings. The summed E-state index contributed by atoms with van der Waals surface area (Å²) in [5.41, 5.74) is 4.52. The van der Waals surface area contributed by atoms with Crippen molar-refractivity contribution in [2.45, 2.75) is 109 Å². The molecule has 0 aromatic heterocycles. The highest BCUT2D eigenvalue weighted by atomic mass is 32.2. The molecule has 1 saturated heterocycles. The summed E-state index contributed by atoms with van der Waals surface area (Å²) >= 11 is 0. The Morgan fingerprint density at radius 3 is 2.38 bits per heavy atom. The average Bonchev–Trinajstić information content (AvgIpc) is 3.33. The van der Waals surface area contributed by atoms with Gasteiger partial charge >= 0.3 is 6.18 Å². The molecule has 1 fully saturated rings. The van der Waals surface area contributed by atoms with Crippen molar-refractivity contribution in [2.75, 3.05) is 24.6 Å². The normalized spacial score (nSPS) is 17.9. The lowest BCUT2D eigenvalue weighted by Gasteiger charge is -2.24. The van der Waals surface area contributed by atoms with E-state index in [1.807, 2.05) is 6.07 Å². The third kappa shape index (κ3) is 11.1. The van der Waals surface area contributed by atoms with Gasteiger partial charge in [-0.05, 0) is 137 Å². The number of hydrogen-bond acceptors (Lipinski definition) is 4. The van der Waals surface area contributed by atoms with Crippen LogP contribution < -0.4 is 0 Å². The van der Waals surface area contributed by atoms with Crippen molar-refractivity contribution in [3.8, 4) is 5.75 Å². The minimum atomic E-state index is -4.24. The van der Waals surface area contributed by atoms with Gasteiger partial charge in [0.05, 0.1) is 11.5 Å². The van der Waals surface area contributed by atoms with Crippen LogP contribution in [0.15, 0.2) is 36.4 Å². The van der Waals surface area contributed by atoms with E-state index in [4.69, 9.17) is 0 Å². The summed E-state index contributed by atoms with van der Waals surface area (Å²) in [6.45, 7) is 1.95. The molecule has 45 heavy (non-hydrogen) atoms. The van der Waals surface area contributed by atoms with Gasteiger partial charge in [0.25, 0.3) is 0 Å². The van der Waals surface area contributed by atoms with E-state index in [0.29, 0.717) is 24.4 Å². The molecular formula is C35H46F5NO3S. The molecule has 1 atom stereocenters. The van der Waals surface area contributed by atoms with Crippen LogP contribution >= 0.6 is 0 Å². The van der Waals surface area contributed by atoms with Crippen LogP contribution in [-0.2, 0) is 16.3 Å². The average molecular weight is 656 g/mol. The Morgan fingerprint density at radius 2 is 1.60 bits per heavy atom. The largest absolute Gasteiger partial charge is 0.508 e. The Kier molecular flexibility index (Phi) is 12.9. The van der Waals surface area contributed by atoms with Gasteiger partial charge in [0.15, 0.2) is 0 Å². The van der Waals surface area contributed by atoms with Gasteiger partial charge < -0.3 is 10.0 Å². The van der Waals surface area contributed by atoms with Crippen LogP contribution in [0.25, 0.3) is 11.1 Å². The van der Waals surface area contributed by atoms with Gasteiger partial charge in [-0.1, -0.05) is 18.9 Å². The summed E-state index contributed by atoms with van der Waals surface area (Å²) in [7, 11) is -3.33. The number of allylic oxidation sites excluding steroid dienone is 2. The molecule has 2 aromatic rings. The Balaban J connectivity index is 1.24. The number of benzene rings is 2. The van der Waals surface area contributed by atoms with E-state index in [-0.39, 0.29) is 30.1 Å². The van der Waals surface area contributed by atoms with E-state index in [1.165, 1.54) is 12.1 Å². The lowest BCUT2D eigenvalue weighted by atomic mass is 9.88. The maximum atomic E-state index is 14.9. The predicted molar refractivity (Wildman–Crippen MR) is 170 cm³/mol. The molecule has 0 amide bonds. The molecule has 2 aromatic carbocycles. The molecule has 250 valence electrons. The van der Waals surface area contributed by atoms with E-state index in [0.717, 1.165) is 106 Å². The van der Waals surface area contributed by atoms with Gasteiger partial charge in [-0.3, -0.25) is 0 Å². The molecule has 0 radical (unpaired) electrons. The fourth-order valence-corrected chi connectivity index (χ4v) is 8.40. The highest BCUT2D eigenvalue weighted by Gasteiger charge is 2.27. The van der Waals surface area contributed by atoms with Crippen LogP contribution in [0.5, 0.6) is 5.75 Å². The number of sulfone groups is 1. The number of phenolic OH excluding ortho intramolecular Hbond substituents is 1. The standard InChI is InChI=1S/C35H46F5NO3S/c36-27-15-17-33(34(37)25-27)32-14-7-10-26-24-29(42)16-18-30(26)31(32)13-3-1-2-5-20-41-21-8-11-28(41)12-9-23-45(43,44)22-6-4-19-35(38,39)40/h15-18,24-25,28,42H,1-14,19-23H2/t28-/m0/s1. The van der Waals surface area contributed by atoms with Gasteiger partial charge in [-0.2, -0.15) is 13.2 Å². The lowest BCUT2D eigenvalue weighted by molar-refractivity contribution is -0.135. The molecule has 1 aliphatic carbocycles. The third-order valence-corrected chi connectivity index (χ3v) is 11.0. The molecule has 1 aliphatic heterocycles. The quantitative estimate of drug-likeness (QED) is 0.145. The molecule has 0 saturated carbocycles. The predicted octanol–water partition coefficient (Wildman–Crippen LogP) is 9.26. The summed E-state index contributed by atoms with van der Waals surface area (Å²) < 4.78 is 90.1. The number of unbranched alkanes of at least 4 members (excludes halogenated alkanes) is 4. The zero-order valence-electron chi connectivity index (χ0n) is 26.0. The zero-order valence-corrected chi connectivity index (χ0v) is 26.8. The van der Waals surface area contributed by atoms with Crippen molar-refractivity contribution < 1.29 is 35.5 Å². The van der Waals surface area contributed by atoms with Crippen molar-refractivity contribution in [1.82, 2.24) is 4.90 Å². The maximum absolute atomic E-state index is 14.9. The third-order valence-electron chi connectivity index (χ3n) is 9.19. The minimum absolute atomic E-state index is 0.0335. The molecule has 0 spiro atoms. The summed E-state index contributed by atoms with van der Waals surface area (Å²) in [5, 5.41) is 10.1. The van der Waals surface area contributed by atoms with Crippen LogP contribution in [-0.4, -0.2) is 55.2 Å². The molecular weight excluding hydrogens is 609 g/mol. The molecule has 1 N–H and O–H groups in total. The van der Waals surface area contributed by atoms with Gasteiger partial charge in [-0.25, -0.2) is 17.2 Å². The second-order valence-electron chi connectivity index (χ2n) is 12.6.